The molecule has 196 valence electrons. The Morgan fingerprint density at radius 1 is 0.711 bits per heavy atom. The topological polar surface area (TPSA) is 82.2 Å². The largest absolute Gasteiger partial charge is 0.378 e. The van der Waals surface area contributed by atoms with Gasteiger partial charge < -0.3 is 24.8 Å². The van der Waals surface area contributed by atoms with Crippen molar-refractivity contribution in [2.75, 3.05) is 62.7 Å². The summed E-state index contributed by atoms with van der Waals surface area (Å²) in [4.78, 5) is 44.6. The van der Waals surface area contributed by atoms with E-state index in [1.807, 2.05) is 12.1 Å². The minimum atomic E-state index is -0.536. The van der Waals surface area contributed by atoms with E-state index in [4.69, 9.17) is 4.74 Å². The van der Waals surface area contributed by atoms with Gasteiger partial charge in [-0.15, -0.1) is 0 Å². The van der Waals surface area contributed by atoms with E-state index < -0.39 is 5.82 Å². The summed E-state index contributed by atoms with van der Waals surface area (Å²) >= 11 is 0. The lowest BCUT2D eigenvalue weighted by Crippen LogP contribution is -2.49. The van der Waals surface area contributed by atoms with Crippen LogP contribution in [0.4, 0.5) is 15.8 Å². The highest BCUT2D eigenvalue weighted by Crippen LogP contribution is 2.28. The first kappa shape index (κ1) is 25.4. The molecule has 2 fully saturated rings. The summed E-state index contributed by atoms with van der Waals surface area (Å²) in [5, 5.41) is 2.89. The van der Waals surface area contributed by atoms with Gasteiger partial charge in [0.1, 0.15) is 5.82 Å². The molecule has 2 saturated heterocycles. The molecule has 0 aromatic heterocycles. The Kier molecular flexibility index (Phi) is 7.65. The Labute approximate surface area is 220 Å². The third-order valence-corrected chi connectivity index (χ3v) is 6.83. The van der Waals surface area contributed by atoms with Gasteiger partial charge in [-0.1, -0.05) is 30.3 Å². The Balaban J connectivity index is 1.36. The van der Waals surface area contributed by atoms with Crippen molar-refractivity contribution in [1.29, 1.82) is 0 Å². The van der Waals surface area contributed by atoms with Crippen LogP contribution >= 0.6 is 0 Å². The van der Waals surface area contributed by atoms with Crippen molar-refractivity contribution in [3.63, 3.8) is 0 Å². The fourth-order valence-corrected chi connectivity index (χ4v) is 4.75. The molecule has 0 atom stereocenters. The molecule has 3 aromatic rings. The number of anilines is 2. The minimum absolute atomic E-state index is 0.0580. The highest BCUT2D eigenvalue weighted by Gasteiger charge is 2.28. The van der Waals surface area contributed by atoms with E-state index in [1.165, 1.54) is 12.1 Å². The van der Waals surface area contributed by atoms with E-state index in [2.05, 4.69) is 10.2 Å². The third-order valence-electron chi connectivity index (χ3n) is 6.83. The van der Waals surface area contributed by atoms with Gasteiger partial charge in [0.05, 0.1) is 24.3 Å². The van der Waals surface area contributed by atoms with Crippen molar-refractivity contribution in [2.24, 2.45) is 0 Å². The fourth-order valence-electron chi connectivity index (χ4n) is 4.75. The average Bonchev–Trinajstić information content (AvgIpc) is 2.97. The van der Waals surface area contributed by atoms with Crippen molar-refractivity contribution >= 4 is 29.1 Å². The zero-order chi connectivity index (χ0) is 26.5. The summed E-state index contributed by atoms with van der Waals surface area (Å²) in [6.07, 6.45) is 0. The second-order valence-electron chi connectivity index (χ2n) is 9.22. The summed E-state index contributed by atoms with van der Waals surface area (Å²) in [7, 11) is 0. The van der Waals surface area contributed by atoms with E-state index in [9.17, 15) is 18.8 Å². The van der Waals surface area contributed by atoms with E-state index in [1.54, 1.807) is 58.3 Å². The van der Waals surface area contributed by atoms with E-state index >= 15 is 0 Å². The monoisotopic (exact) mass is 516 g/mol. The molecule has 38 heavy (non-hydrogen) atoms. The maximum atomic E-state index is 14.2. The lowest BCUT2D eigenvalue weighted by molar-refractivity contribution is 0.0303. The number of benzene rings is 3. The van der Waals surface area contributed by atoms with Crippen molar-refractivity contribution in [2.45, 2.75) is 0 Å². The third kappa shape index (κ3) is 5.52. The maximum absolute atomic E-state index is 14.2. The normalized spacial score (nSPS) is 15.8. The number of hydrogen-bond acceptors (Lipinski definition) is 5. The molecule has 0 radical (unpaired) electrons. The predicted molar refractivity (Wildman–Crippen MR) is 142 cm³/mol. The van der Waals surface area contributed by atoms with Crippen LogP contribution in [0.15, 0.2) is 72.8 Å². The Morgan fingerprint density at radius 2 is 1.34 bits per heavy atom. The molecule has 0 saturated carbocycles. The number of nitrogens with one attached hydrogen (secondary N) is 1. The standard InChI is InChI=1S/C29H29FN4O4/c30-25-9-5-4-8-23(25)28(36)33-14-12-32(13-15-33)26-11-10-22(31-27(35)21-6-2-1-3-7-21)20-24(26)29(37)34-16-18-38-19-17-34/h1-11,20H,12-19H2,(H,31,35). The molecule has 3 aromatic carbocycles. The first-order valence-electron chi connectivity index (χ1n) is 12.7. The van der Waals surface area contributed by atoms with Crippen LogP contribution in [0.3, 0.4) is 0 Å². The molecule has 9 heteroatoms. The van der Waals surface area contributed by atoms with Crippen molar-refractivity contribution in [3.05, 3.63) is 95.3 Å². The van der Waals surface area contributed by atoms with Crippen LogP contribution in [-0.4, -0.2) is 80.0 Å². The summed E-state index contributed by atoms with van der Waals surface area (Å²) in [5.41, 5.74) is 2.31. The van der Waals surface area contributed by atoms with Crippen LogP contribution in [0, 0.1) is 5.82 Å². The number of ether oxygens (including phenoxy) is 1. The van der Waals surface area contributed by atoms with Gasteiger partial charge in [0.25, 0.3) is 17.7 Å². The van der Waals surface area contributed by atoms with Crippen LogP contribution in [0.2, 0.25) is 0 Å². The van der Waals surface area contributed by atoms with Crippen LogP contribution in [0.5, 0.6) is 0 Å². The molecular formula is C29H29FN4O4. The number of hydrogen-bond donors (Lipinski definition) is 1. The number of halogens is 1. The van der Waals surface area contributed by atoms with Gasteiger partial charge in [-0.25, -0.2) is 4.39 Å². The number of carbonyl (C=O) groups is 3. The zero-order valence-electron chi connectivity index (χ0n) is 20.9. The van der Waals surface area contributed by atoms with E-state index in [-0.39, 0.29) is 23.3 Å². The molecule has 1 N–H and O–H groups in total. The van der Waals surface area contributed by atoms with Crippen molar-refractivity contribution < 1.29 is 23.5 Å². The van der Waals surface area contributed by atoms with Crippen LogP contribution in [-0.2, 0) is 4.74 Å². The van der Waals surface area contributed by atoms with E-state index in [0.717, 1.165) is 5.69 Å². The van der Waals surface area contributed by atoms with E-state index in [0.29, 0.717) is 69.3 Å². The number of carbonyl (C=O) groups excluding carboxylic acids is 3. The number of nitrogens with zero attached hydrogens (tertiary/aromatic N) is 3. The highest BCUT2D eigenvalue weighted by atomic mass is 19.1. The molecular weight excluding hydrogens is 487 g/mol. The highest BCUT2D eigenvalue weighted by molar-refractivity contribution is 6.06. The van der Waals surface area contributed by atoms with Crippen molar-refractivity contribution in [1.82, 2.24) is 9.80 Å². The summed E-state index contributed by atoms with van der Waals surface area (Å²) < 4.78 is 19.6. The lowest BCUT2D eigenvalue weighted by Gasteiger charge is -2.37. The lowest BCUT2D eigenvalue weighted by atomic mass is 10.1. The minimum Gasteiger partial charge on any atom is -0.378 e. The molecule has 8 nitrogen and oxygen atoms in total. The first-order chi connectivity index (χ1) is 18.5. The fraction of sp³-hybridized carbons (Fsp3) is 0.276. The number of piperazine rings is 1. The molecule has 0 aliphatic carbocycles. The van der Waals surface area contributed by atoms with Crippen LogP contribution in [0.25, 0.3) is 0 Å². The Hall–Kier alpha value is -4.24. The molecule has 0 spiro atoms. The quantitative estimate of drug-likeness (QED) is 0.561. The molecule has 0 unspecified atom stereocenters. The molecule has 2 heterocycles. The first-order valence-corrected chi connectivity index (χ1v) is 12.7. The van der Waals surface area contributed by atoms with Gasteiger partial charge in [0.2, 0.25) is 0 Å². The smallest absolute Gasteiger partial charge is 0.256 e. The SMILES string of the molecule is O=C(Nc1ccc(N2CCN(C(=O)c3ccccc3F)CC2)c(C(=O)N2CCOCC2)c1)c1ccccc1. The zero-order valence-corrected chi connectivity index (χ0v) is 20.9. The Bertz CT molecular complexity index is 1320. The molecule has 0 bridgehead atoms. The number of rotatable bonds is 5. The molecule has 2 aliphatic rings. The maximum Gasteiger partial charge on any atom is 0.256 e. The van der Waals surface area contributed by atoms with Gasteiger partial charge in [-0.05, 0) is 42.5 Å². The van der Waals surface area contributed by atoms with Gasteiger partial charge >= 0.3 is 0 Å². The molecule has 2 aliphatic heterocycles. The van der Waals surface area contributed by atoms with Gasteiger partial charge in [-0.2, -0.15) is 0 Å². The summed E-state index contributed by atoms with van der Waals surface area (Å²) in [6, 6.07) is 20.2. The van der Waals surface area contributed by atoms with Gasteiger partial charge in [-0.3, -0.25) is 14.4 Å². The second kappa shape index (κ2) is 11.4. The summed E-state index contributed by atoms with van der Waals surface area (Å²) in [6.45, 7) is 3.69. The van der Waals surface area contributed by atoms with Crippen molar-refractivity contribution in [3.8, 4) is 0 Å². The van der Waals surface area contributed by atoms with Gasteiger partial charge in [0, 0.05) is 56.2 Å². The number of amides is 3. The Morgan fingerprint density at radius 3 is 2.05 bits per heavy atom. The van der Waals surface area contributed by atoms with Crippen LogP contribution in [0.1, 0.15) is 31.1 Å². The molecule has 3 amide bonds. The average molecular weight is 517 g/mol. The van der Waals surface area contributed by atoms with Gasteiger partial charge in [0.15, 0.2) is 0 Å². The number of morpholine rings is 1. The second-order valence-corrected chi connectivity index (χ2v) is 9.22. The predicted octanol–water partition coefficient (Wildman–Crippen LogP) is 3.51. The summed E-state index contributed by atoms with van der Waals surface area (Å²) in [5.74, 6) is -1.27. The van der Waals surface area contributed by atoms with Crippen LogP contribution < -0.4 is 10.2 Å². The molecule has 5 rings (SSSR count).